The van der Waals surface area contributed by atoms with Gasteiger partial charge in [-0.25, -0.2) is 15.0 Å². The molecule has 0 saturated heterocycles. The van der Waals surface area contributed by atoms with Gasteiger partial charge < -0.3 is 9.13 Å². The highest BCUT2D eigenvalue weighted by Crippen LogP contribution is 2.43. The van der Waals surface area contributed by atoms with Gasteiger partial charge >= 0.3 is 0 Å². The Morgan fingerprint density at radius 2 is 1.02 bits per heavy atom. The number of nitrogens with zero attached hydrogens (tertiary/aromatic N) is 5. The van der Waals surface area contributed by atoms with Crippen molar-refractivity contribution < 1.29 is 0 Å². The number of aryl methyl sites for hydroxylation is 2. The minimum atomic E-state index is 0.670. The fraction of sp³-hybridized carbons (Fsp3) is 0.136. The van der Waals surface area contributed by atoms with Crippen molar-refractivity contribution in [3.63, 3.8) is 0 Å². The number of benzene rings is 8. The van der Waals surface area contributed by atoms with Crippen LogP contribution in [0.3, 0.4) is 0 Å². The summed E-state index contributed by atoms with van der Waals surface area (Å²) in [7, 11) is 0. The molecule has 65 heavy (non-hydrogen) atoms. The van der Waals surface area contributed by atoms with Crippen molar-refractivity contribution >= 4 is 75.1 Å². The lowest BCUT2D eigenvalue weighted by atomic mass is 10.0. The van der Waals surface area contributed by atoms with Crippen LogP contribution in [0.15, 0.2) is 176 Å². The molecule has 8 aromatic carbocycles. The summed E-state index contributed by atoms with van der Waals surface area (Å²) in [5.41, 5.74) is 12.8. The largest absolute Gasteiger partial charge is 0.309 e. The number of hydrogen-bond donors (Lipinski definition) is 0. The number of unbranched alkanes of at least 4 members (excludes halogenated alkanes) is 2. The van der Waals surface area contributed by atoms with Crippen molar-refractivity contribution in [2.45, 2.75) is 52.4 Å². The summed E-state index contributed by atoms with van der Waals surface area (Å²) in [5, 5.41) is 7.46. The van der Waals surface area contributed by atoms with Gasteiger partial charge in [0.05, 0.1) is 22.1 Å². The normalized spacial score (nSPS) is 11.9. The molecule has 0 atom stereocenters. The Hall–Kier alpha value is -7.41. The van der Waals surface area contributed by atoms with E-state index in [0.29, 0.717) is 17.5 Å². The van der Waals surface area contributed by atoms with E-state index in [4.69, 9.17) is 15.0 Å². The van der Waals surface area contributed by atoms with E-state index in [0.717, 1.165) is 35.2 Å². The van der Waals surface area contributed by atoms with Crippen molar-refractivity contribution in [2.75, 3.05) is 0 Å². The number of thiophene rings is 1. The van der Waals surface area contributed by atoms with Gasteiger partial charge in [0, 0.05) is 69.8 Å². The molecule has 0 fully saturated rings. The van der Waals surface area contributed by atoms with Gasteiger partial charge in [0.25, 0.3) is 0 Å². The Bertz CT molecular complexity index is 3730. The van der Waals surface area contributed by atoms with Gasteiger partial charge in [-0.1, -0.05) is 142 Å². The quantitative estimate of drug-likeness (QED) is 0.130. The summed E-state index contributed by atoms with van der Waals surface area (Å²) < 4.78 is 7.33. The average Bonchev–Trinajstić information content (AvgIpc) is 4.01. The molecule has 12 rings (SSSR count). The standard InChI is InChI=1S/C59H47N5S/c1-3-5-16-38-26-29-41(30-27-38)58-60-57(40-18-9-7-10-19-40)61-59(62-58)46-23-15-25-54-56(46)45-32-31-43(35-55(45)65-54)64-50-24-14-13-22-44(50)48-36-49-47-34-39(17-6-4-2)28-33-51(47)63(53(49)37-52(48)64)42-20-11-8-12-21-42/h7-15,18-37H,3-6,16-17H2,1-2H3. The molecular formula is C59H47N5S. The highest BCUT2D eigenvalue weighted by atomic mass is 32.1. The molecule has 0 amide bonds. The van der Waals surface area contributed by atoms with Crippen LogP contribution in [0.5, 0.6) is 0 Å². The van der Waals surface area contributed by atoms with Crippen LogP contribution in [-0.2, 0) is 12.8 Å². The minimum Gasteiger partial charge on any atom is -0.309 e. The number of rotatable bonds is 11. The highest BCUT2D eigenvalue weighted by molar-refractivity contribution is 7.26. The van der Waals surface area contributed by atoms with Crippen LogP contribution in [0, 0.1) is 0 Å². The smallest absolute Gasteiger partial charge is 0.164 e. The van der Waals surface area contributed by atoms with Crippen LogP contribution in [0.2, 0.25) is 0 Å². The van der Waals surface area contributed by atoms with Gasteiger partial charge in [0.2, 0.25) is 0 Å². The molecule has 12 aromatic rings. The SMILES string of the molecule is CCCCc1ccc(-c2nc(-c3ccccc3)nc(-c3cccc4sc5cc(-n6c7ccccc7c7cc8c9cc(CCCC)ccc9n(-c9ccccc9)c8cc76)ccc5c34)n2)cc1. The Labute approximate surface area is 382 Å². The fourth-order valence-corrected chi connectivity index (χ4v) is 11.0. The van der Waals surface area contributed by atoms with Crippen molar-refractivity contribution in [1.29, 1.82) is 0 Å². The maximum Gasteiger partial charge on any atom is 0.164 e. The molecule has 314 valence electrons. The van der Waals surface area contributed by atoms with Crippen LogP contribution >= 0.6 is 11.3 Å². The molecule has 0 bridgehead atoms. The summed E-state index contributed by atoms with van der Waals surface area (Å²) in [6, 6.07) is 64.2. The van der Waals surface area contributed by atoms with Crippen molar-refractivity contribution in [1.82, 2.24) is 24.1 Å². The van der Waals surface area contributed by atoms with E-state index in [-0.39, 0.29) is 0 Å². The maximum absolute atomic E-state index is 5.22. The molecule has 4 aromatic heterocycles. The molecule has 0 N–H and O–H groups in total. The third kappa shape index (κ3) is 6.79. The summed E-state index contributed by atoms with van der Waals surface area (Å²) >= 11 is 1.83. The summed E-state index contributed by atoms with van der Waals surface area (Å²) in [4.78, 5) is 15.5. The molecule has 6 heteroatoms. The van der Waals surface area contributed by atoms with E-state index in [1.165, 1.54) is 106 Å². The predicted molar refractivity (Wildman–Crippen MR) is 275 cm³/mol. The molecule has 5 nitrogen and oxygen atoms in total. The van der Waals surface area contributed by atoms with E-state index < -0.39 is 0 Å². The number of hydrogen-bond acceptors (Lipinski definition) is 4. The first kappa shape index (κ1) is 39.2. The zero-order valence-corrected chi connectivity index (χ0v) is 37.4. The van der Waals surface area contributed by atoms with Gasteiger partial charge in [-0.3, -0.25) is 0 Å². The van der Waals surface area contributed by atoms with E-state index >= 15 is 0 Å². The average molecular weight is 858 g/mol. The molecule has 0 radical (unpaired) electrons. The van der Waals surface area contributed by atoms with Gasteiger partial charge in [0.1, 0.15) is 0 Å². The first-order valence-corrected chi connectivity index (χ1v) is 23.9. The number of para-hydroxylation sites is 2. The second-order valence-electron chi connectivity index (χ2n) is 17.3. The first-order valence-electron chi connectivity index (χ1n) is 23.1. The zero-order valence-electron chi connectivity index (χ0n) is 36.6. The van der Waals surface area contributed by atoms with E-state index in [9.17, 15) is 0 Å². The third-order valence-electron chi connectivity index (χ3n) is 13.1. The molecule has 0 unspecified atom stereocenters. The van der Waals surface area contributed by atoms with Crippen molar-refractivity contribution in [3.05, 3.63) is 187 Å². The van der Waals surface area contributed by atoms with Crippen LogP contribution < -0.4 is 0 Å². The number of fused-ring (bicyclic) bond motifs is 9. The Morgan fingerprint density at radius 1 is 0.400 bits per heavy atom. The van der Waals surface area contributed by atoms with Crippen LogP contribution in [0.1, 0.15) is 50.7 Å². The minimum absolute atomic E-state index is 0.670. The van der Waals surface area contributed by atoms with Crippen LogP contribution in [0.4, 0.5) is 0 Å². The molecule has 0 aliphatic carbocycles. The lowest BCUT2D eigenvalue weighted by Gasteiger charge is -2.11. The highest BCUT2D eigenvalue weighted by Gasteiger charge is 2.21. The molecule has 0 aliphatic rings. The molecular weight excluding hydrogens is 811 g/mol. The lowest BCUT2D eigenvalue weighted by Crippen LogP contribution is -2.00. The van der Waals surface area contributed by atoms with Gasteiger partial charge in [0.15, 0.2) is 17.5 Å². The van der Waals surface area contributed by atoms with E-state index in [1.54, 1.807) is 0 Å². The maximum atomic E-state index is 5.22. The molecule has 0 spiro atoms. The van der Waals surface area contributed by atoms with Crippen LogP contribution in [-0.4, -0.2) is 24.1 Å². The summed E-state index contributed by atoms with van der Waals surface area (Å²) in [6.07, 6.45) is 6.89. The topological polar surface area (TPSA) is 48.5 Å². The van der Waals surface area contributed by atoms with E-state index in [2.05, 4.69) is 181 Å². The Kier molecular flexibility index (Phi) is 9.83. The zero-order chi connectivity index (χ0) is 43.4. The molecule has 4 heterocycles. The predicted octanol–water partition coefficient (Wildman–Crippen LogP) is 16.1. The third-order valence-corrected chi connectivity index (χ3v) is 14.3. The number of aromatic nitrogens is 5. The fourth-order valence-electron chi connectivity index (χ4n) is 9.88. The summed E-state index contributed by atoms with van der Waals surface area (Å²) in [5.74, 6) is 2.03. The second-order valence-corrected chi connectivity index (χ2v) is 18.4. The second kappa shape index (κ2) is 16.3. The van der Waals surface area contributed by atoms with Crippen molar-refractivity contribution in [3.8, 4) is 45.5 Å². The summed E-state index contributed by atoms with van der Waals surface area (Å²) in [6.45, 7) is 4.50. The Balaban J connectivity index is 1.04. The monoisotopic (exact) mass is 857 g/mol. The van der Waals surface area contributed by atoms with Gasteiger partial charge in [-0.05, 0) is 97.5 Å². The molecule has 0 saturated carbocycles. The lowest BCUT2D eigenvalue weighted by molar-refractivity contribution is 0.795. The van der Waals surface area contributed by atoms with Crippen LogP contribution in [0.25, 0.3) is 109 Å². The first-order chi connectivity index (χ1) is 32.1. The molecule has 0 aliphatic heterocycles. The van der Waals surface area contributed by atoms with Crippen molar-refractivity contribution in [2.24, 2.45) is 0 Å². The van der Waals surface area contributed by atoms with Gasteiger partial charge in [-0.15, -0.1) is 11.3 Å². The Morgan fingerprint density at radius 3 is 1.78 bits per heavy atom. The van der Waals surface area contributed by atoms with E-state index in [1.807, 2.05) is 29.5 Å². The van der Waals surface area contributed by atoms with Gasteiger partial charge in [-0.2, -0.15) is 0 Å².